The zero-order chi connectivity index (χ0) is 12.0. The molecule has 0 aromatic carbocycles. The lowest BCUT2D eigenvalue weighted by Gasteiger charge is -2.25. The highest BCUT2D eigenvalue weighted by atomic mass is 16.5. The highest BCUT2D eigenvalue weighted by Gasteiger charge is 2.29. The van der Waals surface area contributed by atoms with Crippen molar-refractivity contribution in [1.82, 2.24) is 5.32 Å². The Labute approximate surface area is 98.9 Å². The largest absolute Gasteiger partial charge is 0.469 e. The molecule has 0 heterocycles. The summed E-state index contributed by atoms with van der Waals surface area (Å²) in [6, 6.07) is 0.589. The number of nitrogens with one attached hydrogen (secondary N) is 1. The van der Waals surface area contributed by atoms with Crippen molar-refractivity contribution in [3.8, 4) is 0 Å². The maximum absolute atomic E-state index is 11.5. The van der Waals surface area contributed by atoms with E-state index < -0.39 is 5.41 Å². The lowest BCUT2D eigenvalue weighted by molar-refractivity contribution is -0.150. The zero-order valence-corrected chi connectivity index (χ0v) is 10.8. The van der Waals surface area contributed by atoms with Crippen molar-refractivity contribution in [3.05, 3.63) is 0 Å². The quantitative estimate of drug-likeness (QED) is 0.592. The summed E-state index contributed by atoms with van der Waals surface area (Å²) in [6.07, 6.45) is 7.85. The minimum absolute atomic E-state index is 0.131. The van der Waals surface area contributed by atoms with E-state index in [0.29, 0.717) is 12.6 Å². The summed E-state index contributed by atoms with van der Waals surface area (Å²) in [6.45, 7) is 4.58. The van der Waals surface area contributed by atoms with Crippen LogP contribution in [0.25, 0.3) is 0 Å². The molecule has 1 saturated carbocycles. The Morgan fingerprint density at radius 1 is 1.25 bits per heavy atom. The van der Waals surface area contributed by atoms with Crippen LogP contribution in [0.4, 0.5) is 0 Å². The van der Waals surface area contributed by atoms with Gasteiger partial charge in [0, 0.05) is 12.6 Å². The standard InChI is InChI=1S/C13H25NO2/c1-13(2,12(15)16-3)10-14-11-8-6-4-5-7-9-11/h11,14H,4-10H2,1-3H3. The van der Waals surface area contributed by atoms with Gasteiger partial charge >= 0.3 is 5.97 Å². The fraction of sp³-hybridized carbons (Fsp3) is 0.923. The Bertz CT molecular complexity index is 218. The van der Waals surface area contributed by atoms with Gasteiger partial charge in [0.15, 0.2) is 0 Å². The first-order valence-electron chi connectivity index (χ1n) is 6.38. The van der Waals surface area contributed by atoms with Gasteiger partial charge in [0.05, 0.1) is 12.5 Å². The highest BCUT2D eigenvalue weighted by Crippen LogP contribution is 2.20. The van der Waals surface area contributed by atoms with Crippen molar-refractivity contribution < 1.29 is 9.53 Å². The van der Waals surface area contributed by atoms with Crippen LogP contribution in [-0.2, 0) is 9.53 Å². The smallest absolute Gasteiger partial charge is 0.312 e. The number of carbonyl (C=O) groups is 1. The van der Waals surface area contributed by atoms with Gasteiger partial charge in [-0.2, -0.15) is 0 Å². The van der Waals surface area contributed by atoms with E-state index in [0.717, 1.165) is 0 Å². The van der Waals surface area contributed by atoms with Crippen LogP contribution in [0, 0.1) is 5.41 Å². The Morgan fingerprint density at radius 2 is 1.81 bits per heavy atom. The Morgan fingerprint density at radius 3 is 2.31 bits per heavy atom. The molecule has 1 N–H and O–H groups in total. The number of hydrogen-bond acceptors (Lipinski definition) is 3. The number of methoxy groups -OCH3 is 1. The van der Waals surface area contributed by atoms with E-state index in [1.54, 1.807) is 0 Å². The average Bonchev–Trinajstić information content (AvgIpc) is 2.53. The van der Waals surface area contributed by atoms with Gasteiger partial charge in [-0.05, 0) is 26.7 Å². The molecule has 0 unspecified atom stereocenters. The predicted molar refractivity (Wildman–Crippen MR) is 65.3 cm³/mol. The molecule has 0 radical (unpaired) electrons. The van der Waals surface area contributed by atoms with Crippen molar-refractivity contribution in [2.75, 3.05) is 13.7 Å². The first-order chi connectivity index (χ1) is 7.56. The summed E-state index contributed by atoms with van der Waals surface area (Å²) < 4.78 is 4.80. The van der Waals surface area contributed by atoms with Gasteiger partial charge in [-0.1, -0.05) is 25.7 Å². The highest BCUT2D eigenvalue weighted by molar-refractivity contribution is 5.76. The normalized spacial score (nSPS) is 19.2. The number of rotatable bonds is 4. The van der Waals surface area contributed by atoms with E-state index in [-0.39, 0.29) is 5.97 Å². The Hall–Kier alpha value is -0.570. The summed E-state index contributed by atoms with van der Waals surface area (Å²) >= 11 is 0. The molecule has 0 saturated heterocycles. The first-order valence-corrected chi connectivity index (χ1v) is 6.38. The van der Waals surface area contributed by atoms with Crippen molar-refractivity contribution >= 4 is 5.97 Å². The molecule has 0 atom stereocenters. The second-order valence-corrected chi connectivity index (χ2v) is 5.44. The fourth-order valence-electron chi connectivity index (χ4n) is 2.23. The van der Waals surface area contributed by atoms with Crippen molar-refractivity contribution in [2.45, 2.75) is 58.4 Å². The van der Waals surface area contributed by atoms with Crippen molar-refractivity contribution in [1.29, 1.82) is 0 Å². The minimum Gasteiger partial charge on any atom is -0.469 e. The van der Waals surface area contributed by atoms with Gasteiger partial charge in [0.1, 0.15) is 0 Å². The van der Waals surface area contributed by atoms with Crippen LogP contribution < -0.4 is 5.32 Å². The van der Waals surface area contributed by atoms with Crippen LogP contribution in [0.3, 0.4) is 0 Å². The second-order valence-electron chi connectivity index (χ2n) is 5.44. The van der Waals surface area contributed by atoms with Crippen LogP contribution in [0.2, 0.25) is 0 Å². The zero-order valence-electron chi connectivity index (χ0n) is 10.8. The number of esters is 1. The second kappa shape index (κ2) is 6.24. The molecule has 1 aliphatic rings. The summed E-state index contributed by atoms with van der Waals surface area (Å²) in [5.74, 6) is -0.131. The summed E-state index contributed by atoms with van der Waals surface area (Å²) in [7, 11) is 1.45. The molecule has 0 aliphatic heterocycles. The molecule has 1 aliphatic carbocycles. The van der Waals surface area contributed by atoms with Crippen LogP contribution in [-0.4, -0.2) is 25.7 Å². The van der Waals surface area contributed by atoms with Crippen LogP contribution in [0.1, 0.15) is 52.4 Å². The number of hydrogen-bond donors (Lipinski definition) is 1. The lowest BCUT2D eigenvalue weighted by atomic mass is 9.93. The molecular formula is C13H25NO2. The van der Waals surface area contributed by atoms with Crippen molar-refractivity contribution in [3.63, 3.8) is 0 Å². The molecule has 3 nitrogen and oxygen atoms in total. The molecule has 94 valence electrons. The maximum Gasteiger partial charge on any atom is 0.312 e. The summed E-state index contributed by atoms with van der Waals surface area (Å²) in [5.41, 5.74) is -0.416. The minimum atomic E-state index is -0.416. The molecule has 1 rings (SSSR count). The molecule has 3 heteroatoms. The van der Waals surface area contributed by atoms with Gasteiger partial charge in [-0.25, -0.2) is 0 Å². The third-order valence-electron chi connectivity index (χ3n) is 3.43. The molecule has 16 heavy (non-hydrogen) atoms. The van der Waals surface area contributed by atoms with Gasteiger partial charge in [-0.15, -0.1) is 0 Å². The molecule has 0 bridgehead atoms. The first kappa shape index (κ1) is 13.5. The SMILES string of the molecule is COC(=O)C(C)(C)CNC1CCCCCC1. The van der Waals surface area contributed by atoms with Crippen molar-refractivity contribution in [2.24, 2.45) is 5.41 Å². The average molecular weight is 227 g/mol. The molecule has 0 amide bonds. The summed E-state index contributed by atoms with van der Waals surface area (Å²) in [5, 5.41) is 3.52. The van der Waals surface area contributed by atoms with Gasteiger partial charge < -0.3 is 10.1 Å². The third kappa shape index (κ3) is 4.12. The van der Waals surface area contributed by atoms with E-state index in [9.17, 15) is 4.79 Å². The topological polar surface area (TPSA) is 38.3 Å². The van der Waals surface area contributed by atoms with E-state index in [1.807, 2.05) is 13.8 Å². The monoisotopic (exact) mass is 227 g/mol. The van der Waals surface area contributed by atoms with Gasteiger partial charge in [0.25, 0.3) is 0 Å². The lowest BCUT2D eigenvalue weighted by Crippen LogP contribution is -2.41. The number of carbonyl (C=O) groups excluding carboxylic acids is 1. The molecular weight excluding hydrogens is 202 g/mol. The Balaban J connectivity index is 2.34. The van der Waals surface area contributed by atoms with Gasteiger partial charge in [0.2, 0.25) is 0 Å². The molecule has 0 aromatic rings. The Kier molecular flexibility index (Phi) is 5.26. The van der Waals surface area contributed by atoms with Crippen LogP contribution in [0.5, 0.6) is 0 Å². The van der Waals surface area contributed by atoms with E-state index in [4.69, 9.17) is 4.74 Å². The fourth-order valence-corrected chi connectivity index (χ4v) is 2.23. The third-order valence-corrected chi connectivity index (χ3v) is 3.43. The molecule has 1 fully saturated rings. The molecule has 0 spiro atoms. The van der Waals surface area contributed by atoms with Gasteiger partial charge in [-0.3, -0.25) is 4.79 Å². The van der Waals surface area contributed by atoms with E-state index in [1.165, 1.54) is 45.6 Å². The predicted octanol–water partition coefficient (Wildman–Crippen LogP) is 2.50. The van der Waals surface area contributed by atoms with Crippen LogP contribution in [0.15, 0.2) is 0 Å². The summed E-state index contributed by atoms with van der Waals surface area (Å²) in [4.78, 5) is 11.5. The number of ether oxygens (including phenoxy) is 1. The molecule has 0 aromatic heterocycles. The van der Waals surface area contributed by atoms with Crippen LogP contribution >= 0.6 is 0 Å². The maximum atomic E-state index is 11.5. The van der Waals surface area contributed by atoms with E-state index >= 15 is 0 Å². The van der Waals surface area contributed by atoms with E-state index in [2.05, 4.69) is 5.32 Å².